The van der Waals surface area contributed by atoms with Gasteiger partial charge >= 0.3 is 5.97 Å². The number of carbonyl (C=O) groups is 1. The minimum Gasteiger partial charge on any atom is -0.469 e. The highest BCUT2D eigenvalue weighted by Crippen LogP contribution is 2.30. The van der Waals surface area contributed by atoms with Crippen LogP contribution >= 0.6 is 23.1 Å². The van der Waals surface area contributed by atoms with Gasteiger partial charge in [-0.2, -0.15) is 0 Å². The number of esters is 1. The van der Waals surface area contributed by atoms with Gasteiger partial charge in [0.15, 0.2) is 0 Å². The summed E-state index contributed by atoms with van der Waals surface area (Å²) in [6.07, 6.45) is 1.41. The fourth-order valence-corrected chi connectivity index (χ4v) is 3.35. The topological polar surface area (TPSA) is 64.1 Å². The lowest BCUT2D eigenvalue weighted by atomic mass is 10.4. The van der Waals surface area contributed by atoms with E-state index in [2.05, 4.69) is 26.9 Å². The molecule has 2 heterocycles. The van der Waals surface area contributed by atoms with E-state index >= 15 is 0 Å². The number of carbonyl (C=O) groups excluding carboxylic acids is 1. The number of nitrogens with one attached hydrogen (secondary N) is 1. The molecule has 1 N–H and O–H groups in total. The standard InChI is InChI=1S/C13H17N3O2S2/c1-3-6-14-13-15-11-9(4-7-19-11)12(16-13)20-8-5-10(17)18-2/h4,7H,3,5-6,8H2,1-2H3,(H,14,15,16). The molecule has 0 atom stereocenters. The highest BCUT2D eigenvalue weighted by Gasteiger charge is 2.10. The van der Waals surface area contributed by atoms with Crippen molar-refractivity contribution < 1.29 is 9.53 Å². The Labute approximate surface area is 126 Å². The van der Waals surface area contributed by atoms with Crippen LogP contribution in [0.5, 0.6) is 0 Å². The van der Waals surface area contributed by atoms with Gasteiger partial charge < -0.3 is 10.1 Å². The van der Waals surface area contributed by atoms with E-state index in [1.807, 2.05) is 11.4 Å². The molecule has 0 radical (unpaired) electrons. The van der Waals surface area contributed by atoms with E-state index in [0.717, 1.165) is 28.2 Å². The minimum absolute atomic E-state index is 0.197. The van der Waals surface area contributed by atoms with Gasteiger partial charge in [0.2, 0.25) is 5.95 Å². The van der Waals surface area contributed by atoms with E-state index in [4.69, 9.17) is 0 Å². The zero-order chi connectivity index (χ0) is 14.4. The molecule has 2 rings (SSSR count). The third kappa shape index (κ3) is 3.83. The van der Waals surface area contributed by atoms with Crippen LogP contribution in [-0.4, -0.2) is 35.3 Å². The number of anilines is 1. The van der Waals surface area contributed by atoms with Crippen molar-refractivity contribution in [1.29, 1.82) is 0 Å². The molecule has 2 aromatic heterocycles. The molecule has 0 aliphatic heterocycles. The van der Waals surface area contributed by atoms with Crippen LogP contribution < -0.4 is 5.32 Å². The Kier molecular flexibility index (Phi) is 5.60. The molecule has 20 heavy (non-hydrogen) atoms. The molecule has 2 aromatic rings. The summed E-state index contributed by atoms with van der Waals surface area (Å²) in [6.45, 7) is 2.95. The molecule has 0 amide bonds. The number of rotatable bonds is 7. The highest BCUT2D eigenvalue weighted by atomic mass is 32.2. The number of nitrogens with zero attached hydrogens (tertiary/aromatic N) is 2. The molecule has 0 unspecified atom stereocenters. The van der Waals surface area contributed by atoms with E-state index < -0.39 is 0 Å². The summed E-state index contributed by atoms with van der Waals surface area (Å²) in [5.74, 6) is 1.11. The van der Waals surface area contributed by atoms with Gasteiger partial charge in [0.25, 0.3) is 0 Å². The molecule has 0 aromatic carbocycles. The SMILES string of the molecule is CCCNc1nc(SCCC(=O)OC)c2ccsc2n1. The first kappa shape index (κ1) is 15.1. The second-order valence-electron chi connectivity index (χ2n) is 4.09. The quantitative estimate of drug-likeness (QED) is 0.481. The van der Waals surface area contributed by atoms with Gasteiger partial charge in [-0.25, -0.2) is 9.97 Å². The molecular weight excluding hydrogens is 294 g/mol. The number of fused-ring (bicyclic) bond motifs is 1. The number of thiophene rings is 1. The zero-order valence-electron chi connectivity index (χ0n) is 11.5. The maximum Gasteiger partial charge on any atom is 0.306 e. The first-order valence-electron chi connectivity index (χ1n) is 6.43. The molecule has 5 nitrogen and oxygen atoms in total. The number of thioether (sulfide) groups is 1. The van der Waals surface area contributed by atoms with Gasteiger partial charge in [0.1, 0.15) is 9.86 Å². The molecule has 0 aliphatic carbocycles. The number of methoxy groups -OCH3 is 1. The minimum atomic E-state index is -0.197. The maximum absolute atomic E-state index is 11.1. The third-order valence-corrected chi connectivity index (χ3v) is 4.40. The Balaban J connectivity index is 2.12. The highest BCUT2D eigenvalue weighted by molar-refractivity contribution is 7.99. The lowest BCUT2D eigenvalue weighted by Gasteiger charge is -2.07. The van der Waals surface area contributed by atoms with E-state index in [1.165, 1.54) is 7.11 Å². The van der Waals surface area contributed by atoms with Crippen molar-refractivity contribution in [2.45, 2.75) is 24.8 Å². The van der Waals surface area contributed by atoms with Crippen LogP contribution in [0.15, 0.2) is 16.5 Å². The summed E-state index contributed by atoms with van der Waals surface area (Å²) in [5, 5.41) is 7.18. The Hall–Kier alpha value is -1.34. The smallest absolute Gasteiger partial charge is 0.306 e. The summed E-state index contributed by atoms with van der Waals surface area (Å²) >= 11 is 3.16. The van der Waals surface area contributed by atoms with E-state index in [-0.39, 0.29) is 5.97 Å². The summed E-state index contributed by atoms with van der Waals surface area (Å²) < 4.78 is 4.64. The predicted octanol–water partition coefficient (Wildman–Crippen LogP) is 3.17. The molecule has 7 heteroatoms. The van der Waals surface area contributed by atoms with Crippen molar-refractivity contribution >= 4 is 45.2 Å². The Morgan fingerprint density at radius 1 is 1.50 bits per heavy atom. The summed E-state index contributed by atoms with van der Waals surface area (Å²) in [5.41, 5.74) is 0. The van der Waals surface area contributed by atoms with Crippen molar-refractivity contribution in [3.05, 3.63) is 11.4 Å². The van der Waals surface area contributed by atoms with Crippen molar-refractivity contribution in [3.63, 3.8) is 0 Å². The molecule has 0 saturated heterocycles. The van der Waals surface area contributed by atoms with Crippen LogP contribution in [0.25, 0.3) is 10.2 Å². The van der Waals surface area contributed by atoms with Crippen LogP contribution in [0, 0.1) is 0 Å². The third-order valence-electron chi connectivity index (χ3n) is 2.60. The van der Waals surface area contributed by atoms with Crippen LogP contribution in [0.1, 0.15) is 19.8 Å². The lowest BCUT2D eigenvalue weighted by molar-refractivity contribution is -0.140. The monoisotopic (exact) mass is 311 g/mol. The number of hydrogen-bond donors (Lipinski definition) is 1. The van der Waals surface area contributed by atoms with E-state index in [0.29, 0.717) is 18.1 Å². The van der Waals surface area contributed by atoms with Gasteiger partial charge in [-0.3, -0.25) is 4.79 Å². The number of ether oxygens (including phenoxy) is 1. The molecule has 0 bridgehead atoms. The molecular formula is C13H17N3O2S2. The molecule has 0 fully saturated rings. The van der Waals surface area contributed by atoms with Crippen LogP contribution in [0.2, 0.25) is 0 Å². The van der Waals surface area contributed by atoms with Crippen LogP contribution in [0.4, 0.5) is 5.95 Å². The average molecular weight is 311 g/mol. The Morgan fingerprint density at radius 2 is 2.35 bits per heavy atom. The first-order valence-corrected chi connectivity index (χ1v) is 8.30. The predicted molar refractivity (Wildman–Crippen MR) is 83.6 cm³/mol. The molecule has 108 valence electrons. The van der Waals surface area contributed by atoms with Crippen molar-refractivity contribution in [2.75, 3.05) is 24.7 Å². The second-order valence-corrected chi connectivity index (χ2v) is 6.07. The van der Waals surface area contributed by atoms with Gasteiger partial charge in [0, 0.05) is 17.7 Å². The Morgan fingerprint density at radius 3 is 3.10 bits per heavy atom. The van der Waals surface area contributed by atoms with Crippen LogP contribution in [-0.2, 0) is 9.53 Å². The summed E-state index contributed by atoms with van der Waals surface area (Å²) in [6, 6.07) is 2.02. The van der Waals surface area contributed by atoms with E-state index in [9.17, 15) is 4.79 Å². The molecule has 0 aliphatic rings. The van der Waals surface area contributed by atoms with Gasteiger partial charge in [0.05, 0.1) is 13.5 Å². The van der Waals surface area contributed by atoms with Gasteiger partial charge in [-0.1, -0.05) is 6.92 Å². The summed E-state index contributed by atoms with van der Waals surface area (Å²) in [4.78, 5) is 21.1. The number of aromatic nitrogens is 2. The van der Waals surface area contributed by atoms with Crippen molar-refractivity contribution in [1.82, 2.24) is 9.97 Å². The molecule has 0 saturated carbocycles. The summed E-state index contributed by atoms with van der Waals surface area (Å²) in [7, 11) is 1.40. The molecule has 0 spiro atoms. The van der Waals surface area contributed by atoms with Gasteiger partial charge in [-0.05, 0) is 17.9 Å². The zero-order valence-corrected chi connectivity index (χ0v) is 13.1. The van der Waals surface area contributed by atoms with Crippen molar-refractivity contribution in [3.8, 4) is 0 Å². The largest absolute Gasteiger partial charge is 0.469 e. The van der Waals surface area contributed by atoms with E-state index in [1.54, 1.807) is 23.1 Å². The lowest BCUT2D eigenvalue weighted by Crippen LogP contribution is -2.05. The fourth-order valence-electron chi connectivity index (χ4n) is 1.59. The van der Waals surface area contributed by atoms with Crippen molar-refractivity contribution in [2.24, 2.45) is 0 Å². The fraction of sp³-hybridized carbons (Fsp3) is 0.462. The normalized spacial score (nSPS) is 10.7. The first-order chi connectivity index (χ1) is 9.74. The number of hydrogen-bond acceptors (Lipinski definition) is 7. The van der Waals surface area contributed by atoms with Crippen LogP contribution in [0.3, 0.4) is 0 Å². The second kappa shape index (κ2) is 7.44. The maximum atomic E-state index is 11.1. The van der Waals surface area contributed by atoms with Gasteiger partial charge in [-0.15, -0.1) is 23.1 Å². The average Bonchev–Trinajstić information content (AvgIpc) is 2.93. The Bertz CT molecular complexity index is 586.